The van der Waals surface area contributed by atoms with E-state index >= 15 is 0 Å². The van der Waals surface area contributed by atoms with E-state index in [1.165, 1.54) is 11.0 Å². The van der Waals surface area contributed by atoms with Crippen LogP contribution in [-0.2, 0) is 26.2 Å². The molecule has 4 aliphatic rings. The average Bonchev–Trinajstić information content (AvgIpc) is 3.24. The zero-order chi connectivity index (χ0) is 28.3. The molecule has 2 bridgehead atoms. The molecule has 3 aliphatic carbocycles. The third-order valence-corrected chi connectivity index (χ3v) is 9.04. The number of rotatable bonds is 5. The van der Waals surface area contributed by atoms with E-state index in [1.807, 2.05) is 78.9 Å². The summed E-state index contributed by atoms with van der Waals surface area (Å²) in [6, 6.07) is 29.9. The Morgan fingerprint density at radius 1 is 0.854 bits per heavy atom. The molecule has 4 aromatic rings. The van der Waals surface area contributed by atoms with Crippen molar-refractivity contribution >= 4 is 52.8 Å². The quantitative estimate of drug-likeness (QED) is 0.182. The van der Waals surface area contributed by atoms with Crippen molar-refractivity contribution in [3.05, 3.63) is 135 Å². The molecule has 1 N–H and O–H groups in total. The monoisotopic (exact) mass is 579 g/mol. The molecule has 41 heavy (non-hydrogen) atoms. The number of carbonyl (C=O) groups excluding carboxylic acids is 3. The van der Waals surface area contributed by atoms with Gasteiger partial charge in [-0.2, -0.15) is 5.10 Å². The molecule has 8 rings (SSSR count). The number of anilines is 1. The minimum atomic E-state index is -1.09. The first-order valence-electron chi connectivity index (χ1n) is 13.3. The second kappa shape index (κ2) is 9.68. The van der Waals surface area contributed by atoms with Gasteiger partial charge in [0.05, 0.1) is 34.4 Å². The minimum absolute atomic E-state index is 0.159. The lowest BCUT2D eigenvalue weighted by atomic mass is 9.47. The summed E-state index contributed by atoms with van der Waals surface area (Å²) in [5.41, 5.74) is 6.48. The van der Waals surface area contributed by atoms with Crippen LogP contribution in [-0.4, -0.2) is 23.9 Å². The van der Waals surface area contributed by atoms with E-state index in [4.69, 9.17) is 23.2 Å². The zero-order valence-electron chi connectivity index (χ0n) is 21.6. The summed E-state index contributed by atoms with van der Waals surface area (Å²) in [6.45, 7) is 0. The summed E-state index contributed by atoms with van der Waals surface area (Å²) < 4.78 is 0. The molecule has 0 spiro atoms. The molecule has 0 aromatic heterocycles. The Labute approximate surface area is 246 Å². The molecule has 0 unspecified atom stereocenters. The Morgan fingerprint density at radius 2 is 1.49 bits per heavy atom. The molecule has 3 amide bonds. The molecule has 0 radical (unpaired) electrons. The van der Waals surface area contributed by atoms with Crippen LogP contribution in [0.3, 0.4) is 0 Å². The van der Waals surface area contributed by atoms with Crippen molar-refractivity contribution in [2.75, 3.05) is 4.90 Å². The number of imide groups is 1. The van der Waals surface area contributed by atoms with Gasteiger partial charge in [0.15, 0.2) is 0 Å². The van der Waals surface area contributed by atoms with Gasteiger partial charge in [-0.3, -0.25) is 14.4 Å². The van der Waals surface area contributed by atoms with E-state index in [9.17, 15) is 14.4 Å². The van der Waals surface area contributed by atoms with Crippen LogP contribution in [0.1, 0.15) is 33.7 Å². The highest BCUT2D eigenvalue weighted by atomic mass is 35.5. The van der Waals surface area contributed by atoms with Crippen molar-refractivity contribution in [3.63, 3.8) is 0 Å². The number of nitrogens with one attached hydrogen (secondary N) is 1. The van der Waals surface area contributed by atoms with Gasteiger partial charge >= 0.3 is 0 Å². The molecule has 202 valence electrons. The van der Waals surface area contributed by atoms with Gasteiger partial charge < -0.3 is 0 Å². The van der Waals surface area contributed by atoms with Crippen LogP contribution in [0.5, 0.6) is 0 Å². The highest BCUT2D eigenvalue weighted by molar-refractivity contribution is 6.38. The summed E-state index contributed by atoms with van der Waals surface area (Å²) >= 11 is 12.6. The maximum atomic E-state index is 14.4. The second-order valence-corrected chi connectivity index (χ2v) is 11.4. The van der Waals surface area contributed by atoms with Gasteiger partial charge in [-0.1, -0.05) is 102 Å². The topological polar surface area (TPSA) is 78.8 Å². The van der Waals surface area contributed by atoms with Gasteiger partial charge in [0, 0.05) is 17.2 Å². The minimum Gasteiger partial charge on any atom is -0.274 e. The first-order valence-corrected chi connectivity index (χ1v) is 14.1. The second-order valence-electron chi connectivity index (χ2n) is 10.6. The number of hydrazone groups is 1. The van der Waals surface area contributed by atoms with Gasteiger partial charge in [0.1, 0.15) is 0 Å². The molecular weight excluding hydrogens is 557 g/mol. The Balaban J connectivity index is 1.37. The fourth-order valence-corrected chi connectivity index (χ4v) is 7.47. The molecule has 6 nitrogen and oxygen atoms in total. The summed E-state index contributed by atoms with van der Waals surface area (Å²) in [6.07, 6.45) is 1.81. The van der Waals surface area contributed by atoms with Crippen LogP contribution >= 0.6 is 23.2 Å². The van der Waals surface area contributed by atoms with Crippen molar-refractivity contribution < 1.29 is 14.4 Å². The third-order valence-electron chi connectivity index (χ3n) is 8.50. The summed E-state index contributed by atoms with van der Waals surface area (Å²) in [7, 11) is 0. The predicted octanol–water partition coefficient (Wildman–Crippen LogP) is 5.89. The molecule has 4 aromatic carbocycles. The lowest BCUT2D eigenvalue weighted by Gasteiger charge is -2.52. The summed E-state index contributed by atoms with van der Waals surface area (Å²) in [4.78, 5) is 42.6. The van der Waals surface area contributed by atoms with E-state index in [2.05, 4.69) is 10.5 Å². The number of nitrogens with zero attached hydrogens (tertiary/aromatic N) is 2. The zero-order valence-corrected chi connectivity index (χ0v) is 23.1. The fourth-order valence-electron chi connectivity index (χ4n) is 6.98. The Kier molecular flexibility index (Phi) is 6.07. The highest BCUT2D eigenvalue weighted by Crippen LogP contribution is 2.63. The molecule has 2 atom stereocenters. The van der Waals surface area contributed by atoms with Crippen molar-refractivity contribution in [2.45, 2.75) is 17.8 Å². The first kappa shape index (κ1) is 25.7. The number of hydrogen-bond acceptors (Lipinski definition) is 4. The Hall–Kier alpha value is -4.26. The van der Waals surface area contributed by atoms with E-state index < -0.39 is 17.3 Å². The summed E-state index contributed by atoms with van der Waals surface area (Å²) in [5.74, 6) is -2.74. The third kappa shape index (κ3) is 3.78. The Bertz CT molecular complexity index is 1720. The molecule has 0 saturated carbocycles. The van der Waals surface area contributed by atoms with Gasteiger partial charge in [-0.05, 0) is 46.0 Å². The van der Waals surface area contributed by atoms with Crippen LogP contribution in [0.15, 0.2) is 102 Å². The maximum absolute atomic E-state index is 14.4. The van der Waals surface area contributed by atoms with Gasteiger partial charge in [-0.25, -0.2) is 10.3 Å². The molecule has 1 fully saturated rings. The number of halogens is 2. The van der Waals surface area contributed by atoms with Crippen LogP contribution in [0.2, 0.25) is 10.0 Å². The van der Waals surface area contributed by atoms with Gasteiger partial charge in [0.2, 0.25) is 17.7 Å². The Morgan fingerprint density at radius 3 is 2.15 bits per heavy atom. The SMILES string of the molecule is O=C(Cc1ccccc1)N/N=C\C12c3ccccc3C(c3ccccc31)[C@H]1C(=O)N(c3ccc(Cl)cc3Cl)C(=O)[C@@H]12. The maximum Gasteiger partial charge on any atom is 0.244 e. The molecule has 1 saturated heterocycles. The van der Waals surface area contributed by atoms with E-state index in [0.29, 0.717) is 10.7 Å². The van der Waals surface area contributed by atoms with E-state index in [0.717, 1.165) is 27.8 Å². The first-order chi connectivity index (χ1) is 19.9. The number of amides is 3. The molecular formula is C33H23Cl2N3O3. The number of hydrogen-bond donors (Lipinski definition) is 1. The van der Waals surface area contributed by atoms with Crippen molar-refractivity contribution in [1.29, 1.82) is 0 Å². The predicted molar refractivity (Wildman–Crippen MR) is 158 cm³/mol. The highest BCUT2D eigenvalue weighted by Gasteiger charge is 2.68. The van der Waals surface area contributed by atoms with Crippen LogP contribution < -0.4 is 10.3 Å². The largest absolute Gasteiger partial charge is 0.274 e. The van der Waals surface area contributed by atoms with Crippen molar-refractivity contribution in [1.82, 2.24) is 5.43 Å². The number of benzene rings is 4. The van der Waals surface area contributed by atoms with Crippen molar-refractivity contribution in [3.8, 4) is 0 Å². The lowest BCUT2D eigenvalue weighted by molar-refractivity contribution is -0.123. The van der Waals surface area contributed by atoms with E-state index in [-0.39, 0.29) is 35.1 Å². The lowest BCUT2D eigenvalue weighted by Crippen LogP contribution is -2.54. The molecule has 1 heterocycles. The number of carbonyl (C=O) groups is 3. The van der Waals surface area contributed by atoms with E-state index in [1.54, 1.807) is 18.3 Å². The normalized spacial score (nSPS) is 23.9. The standard InChI is InChI=1S/C33H23Cl2N3O3/c34-20-14-15-26(25(35)17-20)38-31(40)29-28-21-10-4-6-12-23(21)33(30(29)32(38)41,24-13-7-5-11-22(24)28)18-36-37-27(39)16-19-8-2-1-3-9-19/h1-15,17-18,28-30H,16H2,(H,37,39)/b36-18-/t28?,29-,30-,33?/m1/s1. The molecule has 8 heteroatoms. The van der Waals surface area contributed by atoms with Gasteiger partial charge in [0.25, 0.3) is 0 Å². The van der Waals surface area contributed by atoms with Crippen molar-refractivity contribution in [2.24, 2.45) is 16.9 Å². The molecule has 1 aliphatic heterocycles. The van der Waals surface area contributed by atoms with Crippen LogP contribution in [0, 0.1) is 11.8 Å². The van der Waals surface area contributed by atoms with Gasteiger partial charge in [-0.15, -0.1) is 0 Å². The average molecular weight is 580 g/mol. The summed E-state index contributed by atoms with van der Waals surface area (Å²) in [5, 5.41) is 5.08. The van der Waals surface area contributed by atoms with Crippen LogP contribution in [0.25, 0.3) is 0 Å². The van der Waals surface area contributed by atoms with Crippen LogP contribution in [0.4, 0.5) is 5.69 Å². The smallest absolute Gasteiger partial charge is 0.244 e. The fraction of sp³-hybridized carbons (Fsp3) is 0.152.